The Morgan fingerprint density at radius 3 is 2.57 bits per heavy atom. The van der Waals surface area contributed by atoms with Crippen LogP contribution < -0.4 is 5.32 Å². The van der Waals surface area contributed by atoms with Crippen molar-refractivity contribution in [3.63, 3.8) is 0 Å². The molecule has 1 heterocycles. The summed E-state index contributed by atoms with van der Waals surface area (Å²) in [6.07, 6.45) is 6.44. The maximum atomic E-state index is 5.05. The van der Waals surface area contributed by atoms with Crippen LogP contribution in [-0.2, 0) is 11.0 Å². The first-order valence-electron chi connectivity index (χ1n) is 8.47. The third kappa shape index (κ3) is 4.07. The third-order valence-corrected chi connectivity index (χ3v) is 5.66. The van der Waals surface area contributed by atoms with Crippen LogP contribution in [0.3, 0.4) is 0 Å². The molecule has 2 atom stereocenters. The summed E-state index contributed by atoms with van der Waals surface area (Å²) >= 11 is 1.86. The predicted molar refractivity (Wildman–Crippen MR) is 93.0 cm³/mol. The van der Waals surface area contributed by atoms with Crippen molar-refractivity contribution >= 4 is 11.3 Å². The molecule has 2 unspecified atom stereocenters. The minimum absolute atomic E-state index is 0.104. The first kappa shape index (κ1) is 17.0. The van der Waals surface area contributed by atoms with E-state index in [1.807, 2.05) is 11.3 Å². The fourth-order valence-corrected chi connectivity index (χ4v) is 4.59. The van der Waals surface area contributed by atoms with Crippen LogP contribution in [0.4, 0.5) is 0 Å². The molecule has 1 fully saturated rings. The van der Waals surface area contributed by atoms with Crippen molar-refractivity contribution in [3.05, 3.63) is 16.1 Å². The predicted octanol–water partition coefficient (Wildman–Crippen LogP) is 5.23. The normalized spacial score (nSPS) is 27.9. The minimum Gasteiger partial charge on any atom is -0.303 e. The first-order valence-corrected chi connectivity index (χ1v) is 9.35. The van der Waals surface area contributed by atoms with E-state index in [9.17, 15) is 0 Å². The zero-order valence-electron chi connectivity index (χ0n) is 14.6. The quantitative estimate of drug-likeness (QED) is 0.773. The first-order chi connectivity index (χ1) is 9.73. The van der Waals surface area contributed by atoms with Crippen LogP contribution in [0.15, 0.2) is 5.38 Å². The molecule has 2 rings (SSSR count). The molecule has 1 aromatic rings. The summed E-state index contributed by atoms with van der Waals surface area (Å²) in [5.74, 6) is 0.850. The van der Waals surface area contributed by atoms with Gasteiger partial charge >= 0.3 is 0 Å². The molecule has 3 heteroatoms. The Morgan fingerprint density at radius 2 is 2.00 bits per heavy atom. The lowest BCUT2D eigenvalue weighted by atomic mass is 9.88. The van der Waals surface area contributed by atoms with E-state index in [1.54, 1.807) is 0 Å². The van der Waals surface area contributed by atoms with Gasteiger partial charge in [-0.2, -0.15) is 0 Å². The topological polar surface area (TPSA) is 24.9 Å². The van der Waals surface area contributed by atoms with E-state index >= 15 is 0 Å². The molecule has 120 valence electrons. The Balaban J connectivity index is 2.33. The molecule has 2 nitrogen and oxygen atoms in total. The summed E-state index contributed by atoms with van der Waals surface area (Å²) in [4.78, 5) is 5.05. The Kier molecular flexibility index (Phi) is 5.15. The Labute approximate surface area is 134 Å². The van der Waals surface area contributed by atoms with E-state index in [0.717, 1.165) is 5.92 Å². The van der Waals surface area contributed by atoms with Crippen LogP contribution in [0.25, 0.3) is 0 Å². The van der Waals surface area contributed by atoms with Crippen LogP contribution in [0.2, 0.25) is 0 Å². The summed E-state index contributed by atoms with van der Waals surface area (Å²) in [6, 6.07) is 0.500. The minimum atomic E-state index is 0.104. The van der Waals surface area contributed by atoms with Crippen molar-refractivity contribution in [1.82, 2.24) is 10.3 Å². The van der Waals surface area contributed by atoms with E-state index in [-0.39, 0.29) is 11.0 Å². The Morgan fingerprint density at radius 1 is 1.29 bits per heavy atom. The van der Waals surface area contributed by atoms with Gasteiger partial charge in [-0.25, -0.2) is 4.98 Å². The highest BCUT2D eigenvalue weighted by Crippen LogP contribution is 2.40. The van der Waals surface area contributed by atoms with Crippen molar-refractivity contribution in [2.45, 2.75) is 90.6 Å². The highest BCUT2D eigenvalue weighted by Gasteiger charge is 2.37. The average Bonchev–Trinajstić information content (AvgIpc) is 2.78. The molecule has 0 aliphatic heterocycles. The second-order valence-corrected chi connectivity index (χ2v) is 9.06. The molecular weight excluding hydrogens is 276 g/mol. The molecule has 0 amide bonds. The lowest BCUT2D eigenvalue weighted by molar-refractivity contribution is 0.262. The number of thiazole rings is 1. The second kappa shape index (κ2) is 6.37. The molecular formula is C18H32N2S. The van der Waals surface area contributed by atoms with Gasteiger partial charge in [-0.1, -0.05) is 40.5 Å². The summed E-state index contributed by atoms with van der Waals surface area (Å²) in [5, 5.41) is 7.47. The van der Waals surface area contributed by atoms with Crippen molar-refractivity contribution in [2.75, 3.05) is 0 Å². The van der Waals surface area contributed by atoms with Crippen LogP contribution in [0.5, 0.6) is 0 Å². The second-order valence-electron chi connectivity index (χ2n) is 8.21. The van der Waals surface area contributed by atoms with Crippen LogP contribution in [0, 0.1) is 5.92 Å². The summed E-state index contributed by atoms with van der Waals surface area (Å²) in [7, 11) is 0. The van der Waals surface area contributed by atoms with Crippen molar-refractivity contribution in [1.29, 1.82) is 0 Å². The van der Waals surface area contributed by atoms with Gasteiger partial charge in [0.1, 0.15) is 5.01 Å². The molecule has 1 saturated carbocycles. The van der Waals surface area contributed by atoms with E-state index in [1.165, 1.54) is 42.8 Å². The molecule has 0 aromatic carbocycles. The molecule has 0 bridgehead atoms. The van der Waals surface area contributed by atoms with Crippen molar-refractivity contribution in [2.24, 2.45) is 5.92 Å². The number of nitrogens with one attached hydrogen (secondary N) is 1. The average molecular weight is 309 g/mol. The van der Waals surface area contributed by atoms with Gasteiger partial charge in [0.2, 0.25) is 0 Å². The van der Waals surface area contributed by atoms with E-state index in [0.29, 0.717) is 6.04 Å². The fraction of sp³-hybridized carbons (Fsp3) is 0.833. The number of hydrogen-bond acceptors (Lipinski definition) is 3. The number of nitrogens with zero attached hydrogens (tertiary/aromatic N) is 1. The largest absolute Gasteiger partial charge is 0.303 e. The SMILES string of the molecule is CC1CCCC(NC(C)C)(c2nc(C(C)(C)C)cs2)CC1. The van der Waals surface area contributed by atoms with E-state index < -0.39 is 0 Å². The van der Waals surface area contributed by atoms with Crippen LogP contribution in [-0.4, -0.2) is 11.0 Å². The lowest BCUT2D eigenvalue weighted by Crippen LogP contribution is -2.45. The van der Waals surface area contributed by atoms with E-state index in [2.05, 4.69) is 52.2 Å². The van der Waals surface area contributed by atoms with Crippen LogP contribution in [0.1, 0.15) is 84.3 Å². The van der Waals surface area contributed by atoms with Crippen molar-refractivity contribution < 1.29 is 0 Å². The van der Waals surface area contributed by atoms with Gasteiger partial charge in [0, 0.05) is 16.8 Å². The smallest absolute Gasteiger partial charge is 0.113 e. The standard InChI is InChI=1S/C18H32N2S/c1-13(2)20-18(10-7-8-14(3)9-11-18)16-19-15(12-21-16)17(4,5)6/h12-14,20H,7-11H2,1-6H3. The Bertz CT molecular complexity index is 458. The highest BCUT2D eigenvalue weighted by atomic mass is 32.1. The van der Waals surface area contributed by atoms with Crippen molar-refractivity contribution in [3.8, 4) is 0 Å². The van der Waals surface area contributed by atoms with Gasteiger partial charge in [0.15, 0.2) is 0 Å². The van der Waals surface area contributed by atoms with Gasteiger partial charge in [0.05, 0.1) is 11.2 Å². The fourth-order valence-electron chi connectivity index (χ4n) is 3.32. The van der Waals surface area contributed by atoms with Gasteiger partial charge in [-0.15, -0.1) is 11.3 Å². The van der Waals surface area contributed by atoms with E-state index in [4.69, 9.17) is 4.98 Å². The monoisotopic (exact) mass is 308 g/mol. The van der Waals surface area contributed by atoms with Gasteiger partial charge in [0.25, 0.3) is 0 Å². The number of rotatable bonds is 3. The molecule has 0 radical (unpaired) electrons. The molecule has 21 heavy (non-hydrogen) atoms. The molecule has 1 aromatic heterocycles. The molecule has 0 saturated heterocycles. The number of aromatic nitrogens is 1. The van der Waals surface area contributed by atoms with Crippen LogP contribution >= 0.6 is 11.3 Å². The Hall–Kier alpha value is -0.410. The van der Waals surface area contributed by atoms with Gasteiger partial charge < -0.3 is 5.32 Å². The number of hydrogen-bond donors (Lipinski definition) is 1. The summed E-state index contributed by atoms with van der Waals surface area (Å²) < 4.78 is 0. The third-order valence-electron chi connectivity index (χ3n) is 4.61. The zero-order valence-corrected chi connectivity index (χ0v) is 15.4. The van der Waals surface area contributed by atoms with Gasteiger partial charge in [-0.3, -0.25) is 0 Å². The summed E-state index contributed by atoms with van der Waals surface area (Å²) in [5.41, 5.74) is 1.49. The summed E-state index contributed by atoms with van der Waals surface area (Å²) in [6.45, 7) is 13.7. The lowest BCUT2D eigenvalue weighted by Gasteiger charge is -2.34. The molecule has 1 aliphatic rings. The molecule has 1 N–H and O–H groups in total. The molecule has 1 aliphatic carbocycles. The van der Waals surface area contributed by atoms with Gasteiger partial charge in [-0.05, 0) is 39.0 Å². The zero-order chi connectivity index (χ0) is 15.7. The maximum absolute atomic E-state index is 5.05. The highest BCUT2D eigenvalue weighted by molar-refractivity contribution is 7.09. The molecule has 0 spiro atoms. The maximum Gasteiger partial charge on any atom is 0.113 e.